The molecule has 19 heavy (non-hydrogen) atoms. The van der Waals surface area contributed by atoms with Crippen LogP contribution in [-0.2, 0) is 17.4 Å². The molecule has 1 aromatic carbocycles. The Balaban J connectivity index is 3.50. The van der Waals surface area contributed by atoms with Crippen molar-refractivity contribution >= 4 is 0 Å². The summed E-state index contributed by atoms with van der Waals surface area (Å²) in [5.74, 6) is 0.472. The van der Waals surface area contributed by atoms with E-state index in [9.17, 15) is 5.11 Å². The fourth-order valence-corrected chi connectivity index (χ4v) is 2.55. The van der Waals surface area contributed by atoms with Crippen molar-refractivity contribution in [3.05, 3.63) is 28.8 Å². The number of phenolic OH excluding ortho intramolecular Hbond substituents is 1. The van der Waals surface area contributed by atoms with E-state index in [-0.39, 0.29) is 10.8 Å². The summed E-state index contributed by atoms with van der Waals surface area (Å²) in [4.78, 5) is 2.14. The van der Waals surface area contributed by atoms with Gasteiger partial charge in [0.05, 0.1) is 0 Å². The third kappa shape index (κ3) is 3.73. The molecule has 0 saturated heterocycles. The smallest absolute Gasteiger partial charge is 0.123 e. The van der Waals surface area contributed by atoms with E-state index in [1.54, 1.807) is 0 Å². The lowest BCUT2D eigenvalue weighted by Gasteiger charge is -2.30. The summed E-state index contributed by atoms with van der Waals surface area (Å²) in [7, 11) is 4.11. The van der Waals surface area contributed by atoms with Gasteiger partial charge in [-0.3, -0.25) is 0 Å². The maximum Gasteiger partial charge on any atom is 0.123 e. The van der Waals surface area contributed by atoms with Crippen LogP contribution in [0.2, 0.25) is 0 Å². The van der Waals surface area contributed by atoms with Crippen LogP contribution in [0.4, 0.5) is 0 Å². The van der Waals surface area contributed by atoms with Crippen LogP contribution in [0, 0.1) is 0 Å². The Morgan fingerprint density at radius 2 is 1.47 bits per heavy atom. The molecule has 0 saturated carbocycles. The van der Waals surface area contributed by atoms with Gasteiger partial charge in [-0.05, 0) is 36.1 Å². The zero-order chi connectivity index (χ0) is 15.0. The molecule has 0 aliphatic carbocycles. The van der Waals surface area contributed by atoms with Crippen LogP contribution in [0.1, 0.15) is 58.2 Å². The Bertz CT molecular complexity index is 448. The van der Waals surface area contributed by atoms with Gasteiger partial charge in [0.2, 0.25) is 0 Å². The topological polar surface area (TPSA) is 23.5 Å². The Morgan fingerprint density at radius 1 is 0.947 bits per heavy atom. The minimum absolute atomic E-state index is 0.0409. The minimum Gasteiger partial charge on any atom is -0.507 e. The largest absolute Gasteiger partial charge is 0.507 e. The summed E-state index contributed by atoms with van der Waals surface area (Å²) in [5, 5.41) is 10.7. The summed E-state index contributed by atoms with van der Waals surface area (Å²) in [6, 6.07) is 4.24. The Morgan fingerprint density at radius 3 is 1.84 bits per heavy atom. The van der Waals surface area contributed by atoms with Crippen LogP contribution in [0.25, 0.3) is 0 Å². The standard InChI is InChI=1S/C17H29NO/c1-16(2,3)13-10-9-12(11-18(7)8)14(15(13)19)17(4,5)6/h9-10,19H,11H2,1-8H3. The van der Waals surface area contributed by atoms with E-state index in [4.69, 9.17) is 0 Å². The van der Waals surface area contributed by atoms with Crippen LogP contribution in [0.15, 0.2) is 12.1 Å². The molecule has 0 fully saturated rings. The molecule has 1 N–H and O–H groups in total. The second-order valence-corrected chi connectivity index (χ2v) is 7.73. The maximum atomic E-state index is 10.7. The second-order valence-electron chi connectivity index (χ2n) is 7.73. The zero-order valence-corrected chi connectivity index (χ0v) is 13.8. The third-order valence-corrected chi connectivity index (χ3v) is 3.31. The van der Waals surface area contributed by atoms with Crippen LogP contribution in [0.5, 0.6) is 5.75 Å². The van der Waals surface area contributed by atoms with Crippen LogP contribution >= 0.6 is 0 Å². The maximum absolute atomic E-state index is 10.7. The Labute approximate surface area is 118 Å². The van der Waals surface area contributed by atoms with E-state index < -0.39 is 0 Å². The average Bonchev–Trinajstić information content (AvgIpc) is 2.11. The monoisotopic (exact) mass is 263 g/mol. The SMILES string of the molecule is CN(C)Cc1ccc(C(C)(C)C)c(O)c1C(C)(C)C. The second kappa shape index (κ2) is 5.16. The molecule has 108 valence electrons. The number of phenols is 1. The van der Waals surface area contributed by atoms with Crippen molar-refractivity contribution in [3.63, 3.8) is 0 Å². The molecule has 0 bridgehead atoms. The normalized spacial score (nSPS) is 13.1. The van der Waals surface area contributed by atoms with E-state index in [0.29, 0.717) is 5.75 Å². The molecule has 0 aromatic heterocycles. The first-order valence-corrected chi connectivity index (χ1v) is 6.95. The van der Waals surface area contributed by atoms with E-state index in [0.717, 1.165) is 17.7 Å². The van der Waals surface area contributed by atoms with Gasteiger partial charge in [0.1, 0.15) is 5.75 Å². The molecule has 2 nitrogen and oxygen atoms in total. The van der Waals surface area contributed by atoms with Crippen molar-refractivity contribution < 1.29 is 5.11 Å². The molecule has 1 rings (SSSR count). The molecular weight excluding hydrogens is 234 g/mol. The lowest BCUT2D eigenvalue weighted by Crippen LogP contribution is -2.21. The van der Waals surface area contributed by atoms with E-state index in [1.165, 1.54) is 5.56 Å². The fourth-order valence-electron chi connectivity index (χ4n) is 2.55. The lowest BCUT2D eigenvalue weighted by molar-refractivity contribution is 0.385. The third-order valence-electron chi connectivity index (χ3n) is 3.31. The fraction of sp³-hybridized carbons (Fsp3) is 0.647. The van der Waals surface area contributed by atoms with Gasteiger partial charge < -0.3 is 10.0 Å². The molecule has 0 radical (unpaired) electrons. The molecule has 0 unspecified atom stereocenters. The number of hydrogen-bond acceptors (Lipinski definition) is 2. The molecule has 2 heteroatoms. The number of aromatic hydroxyl groups is 1. The minimum atomic E-state index is -0.0588. The van der Waals surface area contributed by atoms with Gasteiger partial charge in [0.25, 0.3) is 0 Å². The highest BCUT2D eigenvalue weighted by molar-refractivity contribution is 5.51. The predicted octanol–water partition coefficient (Wildman–Crippen LogP) is 4.05. The Hall–Kier alpha value is -1.02. The molecule has 0 aliphatic heterocycles. The average molecular weight is 263 g/mol. The van der Waals surface area contributed by atoms with Crippen molar-refractivity contribution in [2.45, 2.75) is 58.9 Å². The molecule has 1 aromatic rings. The predicted molar refractivity (Wildman–Crippen MR) is 82.9 cm³/mol. The number of benzene rings is 1. The van der Waals surface area contributed by atoms with Gasteiger partial charge in [0.15, 0.2) is 0 Å². The molecule has 0 aliphatic rings. The molecule has 0 heterocycles. The first kappa shape index (κ1) is 16.0. The summed E-state index contributed by atoms with van der Waals surface area (Å²) in [6.07, 6.45) is 0. The zero-order valence-electron chi connectivity index (χ0n) is 13.8. The van der Waals surface area contributed by atoms with Crippen LogP contribution < -0.4 is 0 Å². The first-order chi connectivity index (χ1) is 8.44. The number of rotatable bonds is 2. The summed E-state index contributed by atoms with van der Waals surface area (Å²) >= 11 is 0. The summed E-state index contributed by atoms with van der Waals surface area (Å²) in [6.45, 7) is 13.7. The van der Waals surface area contributed by atoms with Crippen molar-refractivity contribution in [2.24, 2.45) is 0 Å². The van der Waals surface area contributed by atoms with Crippen molar-refractivity contribution in [2.75, 3.05) is 14.1 Å². The highest BCUT2D eigenvalue weighted by atomic mass is 16.3. The van der Waals surface area contributed by atoms with Crippen molar-refractivity contribution in [3.8, 4) is 5.75 Å². The Kier molecular flexibility index (Phi) is 4.36. The van der Waals surface area contributed by atoms with Gasteiger partial charge in [-0.1, -0.05) is 53.7 Å². The first-order valence-electron chi connectivity index (χ1n) is 6.95. The van der Waals surface area contributed by atoms with Crippen LogP contribution in [0.3, 0.4) is 0 Å². The van der Waals surface area contributed by atoms with E-state index in [1.807, 2.05) is 0 Å². The number of hydrogen-bond donors (Lipinski definition) is 1. The van der Waals surface area contributed by atoms with Crippen molar-refractivity contribution in [1.29, 1.82) is 0 Å². The van der Waals surface area contributed by atoms with E-state index in [2.05, 4.69) is 72.7 Å². The summed E-state index contributed by atoms with van der Waals surface area (Å²) in [5.41, 5.74) is 3.22. The number of nitrogens with zero attached hydrogens (tertiary/aromatic N) is 1. The van der Waals surface area contributed by atoms with Gasteiger partial charge in [-0.25, -0.2) is 0 Å². The summed E-state index contributed by atoms with van der Waals surface area (Å²) < 4.78 is 0. The van der Waals surface area contributed by atoms with Crippen LogP contribution in [-0.4, -0.2) is 24.1 Å². The molecular formula is C17H29NO. The van der Waals surface area contributed by atoms with Gasteiger partial charge in [-0.15, -0.1) is 0 Å². The van der Waals surface area contributed by atoms with Gasteiger partial charge in [-0.2, -0.15) is 0 Å². The van der Waals surface area contributed by atoms with E-state index >= 15 is 0 Å². The highest BCUT2D eigenvalue weighted by Gasteiger charge is 2.27. The highest BCUT2D eigenvalue weighted by Crippen LogP contribution is 2.41. The van der Waals surface area contributed by atoms with Gasteiger partial charge >= 0.3 is 0 Å². The lowest BCUT2D eigenvalue weighted by atomic mass is 9.77. The molecule has 0 atom stereocenters. The van der Waals surface area contributed by atoms with Gasteiger partial charge in [0, 0.05) is 12.1 Å². The quantitative estimate of drug-likeness (QED) is 0.870. The molecule has 0 spiro atoms. The van der Waals surface area contributed by atoms with Crippen molar-refractivity contribution in [1.82, 2.24) is 4.90 Å². The molecule has 0 amide bonds.